The molecular weight excluding hydrogens is 417 g/mol. The summed E-state index contributed by atoms with van der Waals surface area (Å²) in [5.74, 6) is -4.33. The van der Waals surface area contributed by atoms with Crippen LogP contribution in [-0.2, 0) is 28.6 Å². The first kappa shape index (κ1) is 23.7. The minimum absolute atomic E-state index is 0.0427. The molecule has 0 amide bonds. The summed E-state index contributed by atoms with van der Waals surface area (Å²) < 4.78 is 29.6. The highest BCUT2D eigenvalue weighted by atomic mass is 19.1. The molecular formula is C24H28FNO6. The summed E-state index contributed by atoms with van der Waals surface area (Å²) in [6.07, 6.45) is 0.413. The first-order valence-electron chi connectivity index (χ1n) is 10.6. The van der Waals surface area contributed by atoms with Crippen molar-refractivity contribution in [1.29, 1.82) is 0 Å². The molecule has 1 heterocycles. The highest BCUT2D eigenvalue weighted by Crippen LogP contribution is 2.45. The molecule has 0 saturated heterocycles. The molecule has 0 bridgehead atoms. The van der Waals surface area contributed by atoms with Crippen LogP contribution in [0.25, 0.3) is 0 Å². The zero-order chi connectivity index (χ0) is 23.4. The van der Waals surface area contributed by atoms with E-state index in [2.05, 4.69) is 5.32 Å². The van der Waals surface area contributed by atoms with Gasteiger partial charge in [0.25, 0.3) is 0 Å². The largest absolute Gasteiger partial charge is 0.468 e. The van der Waals surface area contributed by atoms with E-state index in [0.717, 1.165) is 0 Å². The molecule has 0 aromatic heterocycles. The molecule has 1 N–H and O–H groups in total. The summed E-state index contributed by atoms with van der Waals surface area (Å²) in [6, 6.07) is 5.76. The minimum atomic E-state index is -0.995. The zero-order valence-electron chi connectivity index (χ0n) is 18.7. The first-order chi connectivity index (χ1) is 15.3. The standard InChI is InChI=1S/C24H28FNO6/c1-5-31-9-10-32-24(29)19-14(3)26-17-11-13(2)18(23(28)30-4)22(27)21(17)20(19)15-7-6-8-16(25)12-15/h6-8,12-13,18,20,26H,5,9-11H2,1-4H3/t13-,18-,20+/m1/s1. The number of allylic oxidation sites excluding steroid dienone is 3. The highest BCUT2D eigenvalue weighted by Gasteiger charge is 2.47. The molecule has 0 fully saturated rings. The molecule has 0 saturated carbocycles. The number of hydrogen-bond acceptors (Lipinski definition) is 7. The van der Waals surface area contributed by atoms with Crippen molar-refractivity contribution in [2.24, 2.45) is 11.8 Å². The van der Waals surface area contributed by atoms with Crippen LogP contribution >= 0.6 is 0 Å². The zero-order valence-corrected chi connectivity index (χ0v) is 18.7. The van der Waals surface area contributed by atoms with Crippen LogP contribution in [0.3, 0.4) is 0 Å². The highest BCUT2D eigenvalue weighted by molar-refractivity contribution is 6.12. The van der Waals surface area contributed by atoms with Gasteiger partial charge in [-0.1, -0.05) is 19.1 Å². The molecule has 0 radical (unpaired) electrons. The third-order valence-electron chi connectivity index (χ3n) is 5.81. The molecule has 2 aliphatic rings. The number of halogens is 1. The molecule has 0 spiro atoms. The lowest BCUT2D eigenvalue weighted by Gasteiger charge is -2.38. The van der Waals surface area contributed by atoms with Gasteiger partial charge in [0.05, 0.1) is 19.3 Å². The third-order valence-corrected chi connectivity index (χ3v) is 5.81. The van der Waals surface area contributed by atoms with Crippen LogP contribution in [0.15, 0.2) is 46.8 Å². The van der Waals surface area contributed by atoms with Crippen molar-refractivity contribution in [3.05, 3.63) is 58.2 Å². The first-order valence-corrected chi connectivity index (χ1v) is 10.6. The Morgan fingerprint density at radius 3 is 2.66 bits per heavy atom. The Kier molecular flexibility index (Phi) is 7.45. The fraction of sp³-hybridized carbons (Fsp3) is 0.458. The van der Waals surface area contributed by atoms with Crippen molar-refractivity contribution in [2.45, 2.75) is 33.1 Å². The number of carbonyl (C=O) groups excluding carboxylic acids is 3. The lowest BCUT2D eigenvalue weighted by molar-refractivity contribution is -0.151. The van der Waals surface area contributed by atoms with Crippen LogP contribution in [0.1, 0.15) is 38.7 Å². The molecule has 7 nitrogen and oxygen atoms in total. The molecule has 1 aromatic carbocycles. The van der Waals surface area contributed by atoms with Gasteiger partial charge in [-0.25, -0.2) is 9.18 Å². The number of nitrogens with one attached hydrogen (secondary N) is 1. The van der Waals surface area contributed by atoms with E-state index in [-0.39, 0.29) is 30.3 Å². The van der Waals surface area contributed by atoms with E-state index in [1.54, 1.807) is 19.9 Å². The Balaban J connectivity index is 2.07. The molecule has 1 aliphatic heterocycles. The lowest BCUT2D eigenvalue weighted by atomic mass is 9.69. The van der Waals surface area contributed by atoms with Crippen molar-refractivity contribution in [3.63, 3.8) is 0 Å². The number of rotatable bonds is 7. The maximum atomic E-state index is 14.1. The molecule has 1 aromatic rings. The van der Waals surface area contributed by atoms with Crippen molar-refractivity contribution in [1.82, 2.24) is 5.32 Å². The maximum Gasteiger partial charge on any atom is 0.336 e. The van der Waals surface area contributed by atoms with E-state index in [0.29, 0.717) is 30.0 Å². The van der Waals surface area contributed by atoms with Crippen molar-refractivity contribution in [3.8, 4) is 0 Å². The number of ether oxygens (including phenoxy) is 3. The van der Waals surface area contributed by atoms with Gasteiger partial charge < -0.3 is 19.5 Å². The Morgan fingerprint density at radius 2 is 2.00 bits per heavy atom. The van der Waals surface area contributed by atoms with Gasteiger partial charge >= 0.3 is 11.9 Å². The SMILES string of the molecule is CCOCCOC(=O)C1=C(C)NC2=C(C(=O)[C@H](C(=O)OC)[C@H](C)C2)[C@H]1c1cccc(F)c1. The van der Waals surface area contributed by atoms with Crippen LogP contribution in [0.2, 0.25) is 0 Å². The molecule has 8 heteroatoms. The Labute approximate surface area is 186 Å². The number of dihydropyridines is 1. The monoisotopic (exact) mass is 445 g/mol. The average molecular weight is 445 g/mol. The van der Waals surface area contributed by atoms with Gasteiger partial charge in [-0.2, -0.15) is 0 Å². The van der Waals surface area contributed by atoms with Crippen LogP contribution in [0, 0.1) is 17.7 Å². The van der Waals surface area contributed by atoms with Crippen LogP contribution in [0.4, 0.5) is 4.39 Å². The van der Waals surface area contributed by atoms with Gasteiger partial charge in [-0.05, 0) is 43.9 Å². The molecule has 3 atom stereocenters. The van der Waals surface area contributed by atoms with Crippen molar-refractivity contribution < 1.29 is 33.0 Å². The van der Waals surface area contributed by atoms with Gasteiger partial charge in [-0.3, -0.25) is 9.59 Å². The van der Waals surface area contributed by atoms with Crippen LogP contribution in [-0.4, -0.2) is 44.7 Å². The van der Waals surface area contributed by atoms with E-state index in [1.807, 2.05) is 6.92 Å². The van der Waals surface area contributed by atoms with E-state index in [4.69, 9.17) is 14.2 Å². The number of ketones is 1. The van der Waals surface area contributed by atoms with E-state index < -0.39 is 35.4 Å². The summed E-state index contributed by atoms with van der Waals surface area (Å²) in [6.45, 7) is 6.13. The predicted molar refractivity (Wildman–Crippen MR) is 114 cm³/mol. The van der Waals surface area contributed by atoms with E-state index in [1.165, 1.54) is 25.3 Å². The predicted octanol–water partition coefficient (Wildman–Crippen LogP) is 3.02. The van der Waals surface area contributed by atoms with Gasteiger partial charge in [0.1, 0.15) is 18.3 Å². The molecule has 172 valence electrons. The topological polar surface area (TPSA) is 90.9 Å². The minimum Gasteiger partial charge on any atom is -0.468 e. The van der Waals surface area contributed by atoms with Gasteiger partial charge in [0.15, 0.2) is 5.78 Å². The normalized spacial score (nSPS) is 22.9. The Hall–Kier alpha value is -3.00. The van der Waals surface area contributed by atoms with Gasteiger partial charge in [-0.15, -0.1) is 0 Å². The van der Waals surface area contributed by atoms with E-state index in [9.17, 15) is 18.8 Å². The number of Topliss-reactive ketones (excluding diaryl/α,β-unsaturated/α-hetero) is 1. The smallest absolute Gasteiger partial charge is 0.336 e. The van der Waals surface area contributed by atoms with Crippen molar-refractivity contribution in [2.75, 3.05) is 26.9 Å². The number of methoxy groups -OCH3 is 1. The van der Waals surface area contributed by atoms with Crippen molar-refractivity contribution >= 4 is 17.7 Å². The summed E-state index contributed by atoms with van der Waals surface area (Å²) >= 11 is 0. The summed E-state index contributed by atoms with van der Waals surface area (Å²) in [5, 5.41) is 3.16. The number of carbonyl (C=O) groups is 3. The Morgan fingerprint density at radius 1 is 1.25 bits per heavy atom. The summed E-state index contributed by atoms with van der Waals surface area (Å²) in [7, 11) is 1.24. The number of esters is 2. The molecule has 32 heavy (non-hydrogen) atoms. The fourth-order valence-electron chi connectivity index (χ4n) is 4.39. The van der Waals surface area contributed by atoms with Crippen LogP contribution in [0.5, 0.6) is 0 Å². The molecule has 3 rings (SSSR count). The number of hydrogen-bond donors (Lipinski definition) is 1. The molecule has 1 aliphatic carbocycles. The quantitative estimate of drug-likeness (QED) is 0.392. The second-order valence-electron chi connectivity index (χ2n) is 7.92. The lowest BCUT2D eigenvalue weighted by Crippen LogP contribution is -2.43. The van der Waals surface area contributed by atoms with Gasteiger partial charge in [0.2, 0.25) is 0 Å². The average Bonchev–Trinajstić information content (AvgIpc) is 2.75. The Bertz CT molecular complexity index is 982. The maximum absolute atomic E-state index is 14.1. The second kappa shape index (κ2) is 10.1. The second-order valence-corrected chi connectivity index (χ2v) is 7.92. The molecule has 0 unspecified atom stereocenters. The fourth-order valence-corrected chi connectivity index (χ4v) is 4.39. The number of benzene rings is 1. The van der Waals surface area contributed by atoms with Gasteiger partial charge in [0, 0.05) is 29.5 Å². The summed E-state index contributed by atoms with van der Waals surface area (Å²) in [4.78, 5) is 39.0. The van der Waals surface area contributed by atoms with E-state index >= 15 is 0 Å². The van der Waals surface area contributed by atoms with Crippen LogP contribution < -0.4 is 5.32 Å². The summed E-state index contributed by atoms with van der Waals surface area (Å²) in [5.41, 5.74) is 2.06. The third kappa shape index (κ3) is 4.60.